The van der Waals surface area contributed by atoms with Crippen molar-refractivity contribution < 1.29 is 13.2 Å². The Morgan fingerprint density at radius 1 is 1.11 bits per heavy atom. The Morgan fingerprint density at radius 2 is 1.86 bits per heavy atom. The Bertz CT molecular complexity index is 908. The highest BCUT2D eigenvalue weighted by molar-refractivity contribution is 7.92. The van der Waals surface area contributed by atoms with Gasteiger partial charge in [0.2, 0.25) is 15.9 Å². The van der Waals surface area contributed by atoms with Crippen molar-refractivity contribution in [1.82, 2.24) is 9.88 Å². The summed E-state index contributed by atoms with van der Waals surface area (Å²) < 4.78 is 26.7. The quantitative estimate of drug-likeness (QED) is 0.605. The number of carbonyl (C=O) groups is 1. The van der Waals surface area contributed by atoms with E-state index in [9.17, 15) is 13.2 Å². The normalized spacial score (nSPS) is 11.5. The van der Waals surface area contributed by atoms with E-state index in [1.807, 2.05) is 26.0 Å². The summed E-state index contributed by atoms with van der Waals surface area (Å²) in [7, 11) is -3.47. The van der Waals surface area contributed by atoms with Crippen molar-refractivity contribution in [1.29, 1.82) is 0 Å². The second kappa shape index (κ2) is 10.0. The van der Waals surface area contributed by atoms with Gasteiger partial charge in [0, 0.05) is 31.6 Å². The summed E-state index contributed by atoms with van der Waals surface area (Å²) in [5.74, 6) is -0.0721. The summed E-state index contributed by atoms with van der Waals surface area (Å²) in [6.45, 7) is 6.98. The van der Waals surface area contributed by atoms with E-state index in [4.69, 9.17) is 0 Å². The molecule has 1 amide bonds. The third-order valence-electron chi connectivity index (χ3n) is 4.40. The van der Waals surface area contributed by atoms with Gasteiger partial charge in [-0.15, -0.1) is 0 Å². The lowest BCUT2D eigenvalue weighted by Crippen LogP contribution is -2.31. The molecule has 1 heterocycles. The first kappa shape index (κ1) is 21.6. The largest absolute Gasteiger partial charge is 0.340 e. The predicted octanol–water partition coefficient (Wildman–Crippen LogP) is 3.32. The van der Waals surface area contributed by atoms with E-state index in [0.717, 1.165) is 11.1 Å². The number of pyridine rings is 1. The molecule has 0 spiro atoms. The fourth-order valence-corrected chi connectivity index (χ4v) is 3.85. The fourth-order valence-electron chi connectivity index (χ4n) is 2.76. The van der Waals surface area contributed by atoms with Gasteiger partial charge in [-0.25, -0.2) is 8.42 Å². The summed E-state index contributed by atoms with van der Waals surface area (Å²) in [4.78, 5) is 18.0. The minimum absolute atomic E-state index is 0.00618. The standard InChI is InChI=1S/C21H27N3O3S/c1-4-23(5-2)21(25)13-12-18-9-7-11-20(15-18)24(28(26,27)6-3)17-19-10-8-14-22-16-19/h7-16H,4-6,17H2,1-3H3/b13-12+. The number of likely N-dealkylation sites (N-methyl/N-ethyl adjacent to an activating group) is 1. The molecular weight excluding hydrogens is 374 g/mol. The molecular formula is C21H27N3O3S. The third kappa shape index (κ3) is 5.66. The number of sulfonamides is 1. The Labute approximate surface area is 167 Å². The molecule has 2 aromatic rings. The summed E-state index contributed by atoms with van der Waals surface area (Å²) in [6.07, 6.45) is 6.54. The molecule has 7 heteroatoms. The Kier molecular flexibility index (Phi) is 7.75. The predicted molar refractivity (Wildman–Crippen MR) is 113 cm³/mol. The monoisotopic (exact) mass is 401 g/mol. The molecule has 6 nitrogen and oxygen atoms in total. The van der Waals surface area contributed by atoms with Gasteiger partial charge in [-0.3, -0.25) is 14.1 Å². The minimum atomic E-state index is -3.47. The maximum atomic E-state index is 12.7. The average Bonchev–Trinajstić information content (AvgIpc) is 2.72. The van der Waals surface area contributed by atoms with Crippen molar-refractivity contribution in [3.8, 4) is 0 Å². The number of rotatable bonds is 9. The van der Waals surface area contributed by atoms with Gasteiger partial charge in [0.1, 0.15) is 0 Å². The van der Waals surface area contributed by atoms with Crippen LogP contribution < -0.4 is 4.31 Å². The Balaban J connectivity index is 2.32. The lowest BCUT2D eigenvalue weighted by atomic mass is 10.1. The summed E-state index contributed by atoms with van der Waals surface area (Å²) >= 11 is 0. The highest BCUT2D eigenvalue weighted by atomic mass is 32.2. The lowest BCUT2D eigenvalue weighted by molar-refractivity contribution is -0.125. The topological polar surface area (TPSA) is 70.6 Å². The molecule has 0 saturated heterocycles. The Morgan fingerprint density at radius 3 is 2.46 bits per heavy atom. The van der Waals surface area contributed by atoms with Gasteiger partial charge in [0.25, 0.3) is 0 Å². The van der Waals surface area contributed by atoms with Crippen LogP contribution >= 0.6 is 0 Å². The zero-order valence-electron chi connectivity index (χ0n) is 16.6. The SMILES string of the molecule is CCN(CC)C(=O)/C=C/c1cccc(N(Cc2cccnc2)S(=O)(=O)CC)c1. The molecule has 0 unspecified atom stereocenters. The first-order valence-electron chi connectivity index (χ1n) is 9.37. The van der Waals surface area contributed by atoms with Crippen molar-refractivity contribution in [2.45, 2.75) is 27.3 Å². The van der Waals surface area contributed by atoms with Gasteiger partial charge in [0.15, 0.2) is 0 Å². The number of benzene rings is 1. The molecule has 1 aromatic carbocycles. The summed E-state index contributed by atoms with van der Waals surface area (Å²) in [5.41, 5.74) is 2.13. The van der Waals surface area contributed by atoms with Gasteiger partial charge in [-0.05, 0) is 56.2 Å². The number of carbonyl (C=O) groups excluding carboxylic acids is 1. The van der Waals surface area contributed by atoms with Crippen LogP contribution in [0, 0.1) is 0 Å². The summed E-state index contributed by atoms with van der Waals surface area (Å²) in [5, 5.41) is 0. The molecule has 28 heavy (non-hydrogen) atoms. The Hall–Kier alpha value is -2.67. The molecule has 0 radical (unpaired) electrons. The van der Waals surface area contributed by atoms with Crippen LogP contribution in [0.3, 0.4) is 0 Å². The van der Waals surface area contributed by atoms with Crippen LogP contribution in [0.5, 0.6) is 0 Å². The lowest BCUT2D eigenvalue weighted by Gasteiger charge is -2.24. The fraction of sp³-hybridized carbons (Fsp3) is 0.333. The van der Waals surface area contributed by atoms with E-state index in [2.05, 4.69) is 4.98 Å². The van der Waals surface area contributed by atoms with Crippen molar-refractivity contribution in [3.05, 3.63) is 66.0 Å². The number of amides is 1. The average molecular weight is 402 g/mol. The molecule has 1 aromatic heterocycles. The minimum Gasteiger partial charge on any atom is -0.340 e. The van der Waals surface area contributed by atoms with Crippen LogP contribution in [-0.4, -0.2) is 43.1 Å². The molecule has 0 aliphatic rings. The van der Waals surface area contributed by atoms with Crippen LogP contribution in [0.25, 0.3) is 6.08 Å². The molecule has 0 aliphatic heterocycles. The molecule has 2 rings (SSSR count). The molecule has 0 atom stereocenters. The van der Waals surface area contributed by atoms with E-state index in [0.29, 0.717) is 18.8 Å². The highest BCUT2D eigenvalue weighted by Gasteiger charge is 2.21. The molecule has 0 N–H and O–H groups in total. The van der Waals surface area contributed by atoms with Crippen molar-refractivity contribution >= 4 is 27.7 Å². The van der Waals surface area contributed by atoms with E-state index in [-0.39, 0.29) is 18.2 Å². The zero-order valence-corrected chi connectivity index (χ0v) is 17.4. The van der Waals surface area contributed by atoms with Gasteiger partial charge < -0.3 is 4.90 Å². The molecule has 0 fully saturated rings. The third-order valence-corrected chi connectivity index (χ3v) is 6.14. The number of aromatic nitrogens is 1. The first-order chi connectivity index (χ1) is 13.4. The second-order valence-electron chi connectivity index (χ2n) is 6.21. The highest BCUT2D eigenvalue weighted by Crippen LogP contribution is 2.23. The van der Waals surface area contributed by atoms with Crippen LogP contribution in [0.1, 0.15) is 31.9 Å². The summed E-state index contributed by atoms with van der Waals surface area (Å²) in [6, 6.07) is 10.8. The van der Waals surface area contributed by atoms with Gasteiger partial charge in [0.05, 0.1) is 18.0 Å². The van der Waals surface area contributed by atoms with Crippen LogP contribution in [0.4, 0.5) is 5.69 Å². The maximum Gasteiger partial charge on any atom is 0.246 e. The number of hydrogen-bond donors (Lipinski definition) is 0. The molecule has 0 bridgehead atoms. The van der Waals surface area contributed by atoms with Crippen LogP contribution in [-0.2, 0) is 21.4 Å². The van der Waals surface area contributed by atoms with Gasteiger partial charge in [-0.2, -0.15) is 0 Å². The maximum absolute atomic E-state index is 12.7. The molecule has 150 valence electrons. The second-order valence-corrected chi connectivity index (χ2v) is 8.39. The van der Waals surface area contributed by atoms with Crippen molar-refractivity contribution in [2.24, 2.45) is 0 Å². The van der Waals surface area contributed by atoms with E-state index in [1.54, 1.807) is 54.6 Å². The van der Waals surface area contributed by atoms with Gasteiger partial charge in [-0.1, -0.05) is 18.2 Å². The number of nitrogens with zero attached hydrogens (tertiary/aromatic N) is 3. The van der Waals surface area contributed by atoms with E-state index >= 15 is 0 Å². The number of hydrogen-bond acceptors (Lipinski definition) is 4. The molecule has 0 aliphatic carbocycles. The van der Waals surface area contributed by atoms with Gasteiger partial charge >= 0.3 is 0 Å². The van der Waals surface area contributed by atoms with Crippen molar-refractivity contribution in [3.63, 3.8) is 0 Å². The van der Waals surface area contributed by atoms with Crippen LogP contribution in [0.2, 0.25) is 0 Å². The number of anilines is 1. The van der Waals surface area contributed by atoms with E-state index in [1.165, 1.54) is 10.4 Å². The smallest absolute Gasteiger partial charge is 0.246 e. The molecule has 0 saturated carbocycles. The van der Waals surface area contributed by atoms with Crippen molar-refractivity contribution in [2.75, 3.05) is 23.1 Å². The van der Waals surface area contributed by atoms with Crippen LogP contribution in [0.15, 0.2) is 54.9 Å². The van der Waals surface area contributed by atoms with E-state index < -0.39 is 10.0 Å². The first-order valence-corrected chi connectivity index (χ1v) is 11.0. The zero-order chi connectivity index (χ0) is 20.6.